The maximum atomic E-state index is 16.4. The second-order valence-corrected chi connectivity index (χ2v) is 17.6. The van der Waals surface area contributed by atoms with Gasteiger partial charge in [-0.05, 0) is 64.1 Å². The maximum Gasteiger partial charge on any atom is 0.417 e. The van der Waals surface area contributed by atoms with E-state index in [1.807, 2.05) is 25.6 Å². The molecule has 19 heteroatoms. The minimum atomic E-state index is -5.28. The van der Waals surface area contributed by atoms with Gasteiger partial charge in [0.05, 0.1) is 39.0 Å². The van der Waals surface area contributed by atoms with E-state index in [-0.39, 0.29) is 46.8 Å². The average molecular weight is 772 g/mol. The number of halogens is 5. The van der Waals surface area contributed by atoms with Crippen LogP contribution in [0.3, 0.4) is 0 Å². The molecule has 0 radical (unpaired) electrons. The lowest BCUT2D eigenvalue weighted by atomic mass is 10.1. The van der Waals surface area contributed by atoms with Gasteiger partial charge >= 0.3 is 6.18 Å². The van der Waals surface area contributed by atoms with Crippen molar-refractivity contribution in [2.75, 3.05) is 46.6 Å². The fraction of sp³-hybridized carbons (Fsp3) is 0.406. The van der Waals surface area contributed by atoms with E-state index in [4.69, 9.17) is 4.98 Å². The monoisotopic (exact) mass is 771 g/mol. The third-order valence-electron chi connectivity index (χ3n) is 8.75. The zero-order valence-electron chi connectivity index (χ0n) is 27.6. The number of piperazine rings is 1. The van der Waals surface area contributed by atoms with E-state index in [0.29, 0.717) is 40.7 Å². The van der Waals surface area contributed by atoms with Crippen LogP contribution in [0.15, 0.2) is 53.6 Å². The zero-order valence-corrected chi connectivity index (χ0v) is 30.0. The molecule has 4 aromatic rings. The van der Waals surface area contributed by atoms with Gasteiger partial charge in [0.1, 0.15) is 20.5 Å². The number of thiazole rings is 1. The van der Waals surface area contributed by atoms with Crippen molar-refractivity contribution in [3.8, 4) is 21.8 Å². The maximum absolute atomic E-state index is 16.4. The van der Waals surface area contributed by atoms with Crippen LogP contribution in [0.4, 0.5) is 38.7 Å². The van der Waals surface area contributed by atoms with E-state index >= 15 is 4.39 Å². The number of hydrogen-bond acceptors (Lipinski definition) is 11. The fourth-order valence-corrected chi connectivity index (χ4v) is 10.6. The molecule has 0 unspecified atom stereocenters. The van der Waals surface area contributed by atoms with Crippen LogP contribution in [0.5, 0.6) is 0 Å². The molecule has 2 aromatic heterocycles. The molecule has 0 saturated carbocycles. The third kappa shape index (κ3) is 7.80. The van der Waals surface area contributed by atoms with Gasteiger partial charge in [-0.3, -0.25) is 4.72 Å². The van der Waals surface area contributed by atoms with Crippen LogP contribution in [0.1, 0.15) is 32.3 Å². The summed E-state index contributed by atoms with van der Waals surface area (Å²) in [6, 6.07) is 6.79. The number of anilines is 3. The number of sulfonamides is 1. The molecule has 0 aliphatic carbocycles. The standard InChI is InChI=1S/C32H34F5N7O4S3/c1-18-16-43(3)17-19(2)44(18)31-41-27(28(49-31)25-10-13-38-30(40-25)39-20-11-14-50(45,46)15-12-20)21-6-4-9-24(26(21)34)42-51(47,48)29-22(32(35,36)37)7-5-8-23(29)33/h4-10,13,18-20,42H,11-12,14-17H2,1-3H3,(H,38,39,40)/t18-,19-/m0/s1. The van der Waals surface area contributed by atoms with Gasteiger partial charge in [-0.15, -0.1) is 0 Å². The van der Waals surface area contributed by atoms with Gasteiger partial charge < -0.3 is 15.1 Å². The second kappa shape index (κ2) is 13.9. The Bertz CT molecular complexity index is 2140. The Morgan fingerprint density at radius 3 is 2.29 bits per heavy atom. The first-order valence-corrected chi connectivity index (χ1v) is 20.0. The topological polar surface area (TPSA) is 137 Å². The summed E-state index contributed by atoms with van der Waals surface area (Å²) < 4.78 is 124. The lowest BCUT2D eigenvalue weighted by Gasteiger charge is -2.43. The van der Waals surface area contributed by atoms with Crippen LogP contribution in [0, 0.1) is 11.6 Å². The molecule has 2 atom stereocenters. The number of alkyl halides is 3. The van der Waals surface area contributed by atoms with Crippen molar-refractivity contribution in [1.82, 2.24) is 19.9 Å². The Morgan fingerprint density at radius 1 is 0.961 bits per heavy atom. The van der Waals surface area contributed by atoms with Crippen molar-refractivity contribution in [2.24, 2.45) is 0 Å². The Morgan fingerprint density at radius 2 is 1.63 bits per heavy atom. The number of nitrogens with zero attached hydrogens (tertiary/aromatic N) is 5. The number of rotatable bonds is 8. The fourth-order valence-electron chi connectivity index (χ4n) is 6.51. The molecule has 2 saturated heterocycles. The molecule has 4 heterocycles. The van der Waals surface area contributed by atoms with E-state index in [1.165, 1.54) is 29.7 Å². The summed E-state index contributed by atoms with van der Waals surface area (Å²) in [7, 11) is -6.39. The van der Waals surface area contributed by atoms with Crippen LogP contribution in [-0.4, -0.2) is 86.5 Å². The Balaban J connectivity index is 1.42. The van der Waals surface area contributed by atoms with Gasteiger partial charge in [0.25, 0.3) is 10.0 Å². The van der Waals surface area contributed by atoms with Gasteiger partial charge in [0.15, 0.2) is 10.9 Å². The van der Waals surface area contributed by atoms with E-state index in [9.17, 15) is 34.4 Å². The molecule has 51 heavy (non-hydrogen) atoms. The smallest absolute Gasteiger partial charge is 0.351 e. The number of likely N-dealkylation sites (N-methyl/N-ethyl adjacent to an activating group) is 1. The van der Waals surface area contributed by atoms with Gasteiger partial charge in [-0.25, -0.2) is 40.6 Å². The number of nitrogens with one attached hydrogen (secondary N) is 2. The molecule has 2 fully saturated rings. The van der Waals surface area contributed by atoms with Crippen LogP contribution >= 0.6 is 11.3 Å². The number of benzene rings is 2. The Kier molecular flexibility index (Phi) is 10.0. The Labute approximate surface area is 295 Å². The summed E-state index contributed by atoms with van der Waals surface area (Å²) in [5.74, 6) is -2.53. The van der Waals surface area contributed by atoms with Gasteiger partial charge in [-0.1, -0.05) is 23.5 Å². The Hall–Kier alpha value is -3.94. The summed E-state index contributed by atoms with van der Waals surface area (Å²) in [5.41, 5.74) is -2.21. The highest BCUT2D eigenvalue weighted by Crippen LogP contribution is 2.44. The largest absolute Gasteiger partial charge is 0.417 e. The van der Waals surface area contributed by atoms with Crippen molar-refractivity contribution >= 4 is 48.0 Å². The lowest BCUT2D eigenvalue weighted by Crippen LogP contribution is -2.55. The van der Waals surface area contributed by atoms with Crippen LogP contribution < -0.4 is 14.9 Å². The van der Waals surface area contributed by atoms with Gasteiger partial charge in [0, 0.05) is 43.0 Å². The first-order chi connectivity index (χ1) is 23.9. The summed E-state index contributed by atoms with van der Waals surface area (Å²) in [6.07, 6.45) is -2.98. The molecule has 0 spiro atoms. The molecular formula is C32H34F5N7O4S3. The van der Waals surface area contributed by atoms with E-state index < -0.39 is 53.8 Å². The van der Waals surface area contributed by atoms with E-state index in [0.717, 1.165) is 25.2 Å². The molecule has 2 N–H and O–H groups in total. The highest BCUT2D eigenvalue weighted by Gasteiger charge is 2.40. The molecule has 0 amide bonds. The molecule has 0 bridgehead atoms. The lowest BCUT2D eigenvalue weighted by molar-refractivity contribution is -0.140. The predicted molar refractivity (Wildman–Crippen MR) is 185 cm³/mol. The molecular weight excluding hydrogens is 738 g/mol. The van der Waals surface area contributed by atoms with E-state index in [2.05, 4.69) is 25.1 Å². The SMILES string of the molecule is C[C@H]1CN(C)C[C@H](C)N1c1nc(-c2cccc(NS(=O)(=O)c3c(F)cccc3C(F)(F)F)c2F)c(-c2ccnc(NC3CCS(=O)(=O)CC3)n2)s1. The first-order valence-electron chi connectivity index (χ1n) is 15.9. The number of aromatic nitrogens is 3. The minimum absolute atomic E-state index is 0.00222. The second-order valence-electron chi connectivity index (χ2n) is 12.7. The summed E-state index contributed by atoms with van der Waals surface area (Å²) in [6.45, 7) is 5.49. The highest BCUT2D eigenvalue weighted by molar-refractivity contribution is 7.92. The average Bonchev–Trinajstić information content (AvgIpc) is 3.46. The van der Waals surface area contributed by atoms with Crippen molar-refractivity contribution in [3.05, 3.63) is 65.9 Å². The minimum Gasteiger partial charge on any atom is -0.351 e. The molecule has 2 aromatic carbocycles. The van der Waals surface area contributed by atoms with Crippen molar-refractivity contribution in [3.63, 3.8) is 0 Å². The summed E-state index contributed by atoms with van der Waals surface area (Å²) in [5, 5.41) is 3.71. The summed E-state index contributed by atoms with van der Waals surface area (Å²) >= 11 is 1.23. The van der Waals surface area contributed by atoms with Crippen LogP contribution in [0.25, 0.3) is 21.8 Å². The molecule has 274 valence electrons. The van der Waals surface area contributed by atoms with Gasteiger partial charge in [-0.2, -0.15) is 13.2 Å². The van der Waals surface area contributed by atoms with Crippen molar-refractivity contribution in [2.45, 2.75) is 55.9 Å². The van der Waals surface area contributed by atoms with E-state index in [1.54, 1.807) is 6.07 Å². The zero-order chi connectivity index (χ0) is 36.9. The van der Waals surface area contributed by atoms with Crippen LogP contribution in [-0.2, 0) is 26.0 Å². The first kappa shape index (κ1) is 36.8. The normalized spacial score (nSPS) is 20.4. The van der Waals surface area contributed by atoms with Crippen LogP contribution in [0.2, 0.25) is 0 Å². The number of hydrogen-bond donors (Lipinski definition) is 2. The molecule has 11 nitrogen and oxygen atoms in total. The van der Waals surface area contributed by atoms with Gasteiger partial charge in [0.2, 0.25) is 5.95 Å². The van der Waals surface area contributed by atoms with Crippen molar-refractivity contribution in [1.29, 1.82) is 0 Å². The number of sulfone groups is 1. The third-order valence-corrected chi connectivity index (χ3v) is 13.0. The molecule has 2 aliphatic rings. The summed E-state index contributed by atoms with van der Waals surface area (Å²) in [4.78, 5) is 16.8. The quantitative estimate of drug-likeness (QED) is 0.209. The molecule has 6 rings (SSSR count). The van der Waals surface area contributed by atoms with Crippen molar-refractivity contribution < 1.29 is 38.8 Å². The molecule has 2 aliphatic heterocycles. The highest BCUT2D eigenvalue weighted by atomic mass is 32.2. The predicted octanol–water partition coefficient (Wildman–Crippen LogP) is 5.88.